The van der Waals surface area contributed by atoms with Crippen molar-refractivity contribution in [2.45, 2.75) is 18.7 Å². The number of rotatable bonds is 6. The van der Waals surface area contributed by atoms with E-state index in [-0.39, 0.29) is 11.8 Å². The van der Waals surface area contributed by atoms with Crippen molar-refractivity contribution in [1.82, 2.24) is 19.4 Å². The second-order valence-corrected chi connectivity index (χ2v) is 9.69. The average molecular weight is 419 g/mol. The fourth-order valence-electron chi connectivity index (χ4n) is 3.30. The molecule has 0 bridgehead atoms. The van der Waals surface area contributed by atoms with Crippen molar-refractivity contribution in [1.29, 1.82) is 0 Å². The molecule has 0 saturated carbocycles. The SMILES string of the molecule is C[C@H](c1nnc(-c2cccs2)o1)N1CCN(S(=O)(=O)Cc2ccccc2)CC1. The zero-order valence-corrected chi connectivity index (χ0v) is 17.2. The highest BCUT2D eigenvalue weighted by molar-refractivity contribution is 7.88. The molecule has 28 heavy (non-hydrogen) atoms. The summed E-state index contributed by atoms with van der Waals surface area (Å²) in [7, 11) is -3.32. The number of hydrogen-bond donors (Lipinski definition) is 0. The van der Waals surface area contributed by atoms with Crippen molar-refractivity contribution >= 4 is 21.4 Å². The van der Waals surface area contributed by atoms with Gasteiger partial charge in [0, 0.05) is 26.2 Å². The van der Waals surface area contributed by atoms with Gasteiger partial charge in [0.1, 0.15) is 0 Å². The zero-order valence-electron chi connectivity index (χ0n) is 15.6. The Labute approximate surface area is 168 Å². The summed E-state index contributed by atoms with van der Waals surface area (Å²) in [5, 5.41) is 10.3. The van der Waals surface area contributed by atoms with E-state index < -0.39 is 10.0 Å². The van der Waals surface area contributed by atoms with E-state index in [4.69, 9.17) is 4.42 Å². The third-order valence-corrected chi connectivity index (χ3v) is 7.64. The molecular weight excluding hydrogens is 396 g/mol. The van der Waals surface area contributed by atoms with Gasteiger partial charge in [-0.1, -0.05) is 36.4 Å². The van der Waals surface area contributed by atoms with Crippen LogP contribution >= 0.6 is 11.3 Å². The minimum absolute atomic E-state index is 0.0389. The number of thiophene rings is 1. The molecule has 148 valence electrons. The summed E-state index contributed by atoms with van der Waals surface area (Å²) in [6, 6.07) is 13.1. The standard InChI is InChI=1S/C19H22N4O3S2/c1-15(18-20-21-19(26-18)17-8-5-13-27-17)22-9-11-23(12-10-22)28(24,25)14-16-6-3-2-4-7-16/h2-8,13,15H,9-12,14H2,1H3/t15-/m1/s1. The molecule has 1 saturated heterocycles. The van der Waals surface area contributed by atoms with Crippen molar-refractivity contribution in [3.63, 3.8) is 0 Å². The predicted octanol–water partition coefficient (Wildman–Crippen LogP) is 3.01. The maximum atomic E-state index is 12.7. The molecule has 1 fully saturated rings. The molecule has 3 aromatic rings. The molecule has 0 spiro atoms. The molecule has 0 aliphatic carbocycles. The van der Waals surface area contributed by atoms with Crippen molar-refractivity contribution < 1.29 is 12.8 Å². The van der Waals surface area contributed by atoms with Crippen LogP contribution in [0.5, 0.6) is 0 Å². The molecular formula is C19H22N4O3S2. The van der Waals surface area contributed by atoms with E-state index in [9.17, 15) is 8.42 Å². The van der Waals surface area contributed by atoms with Crippen LogP contribution in [-0.4, -0.2) is 54.0 Å². The van der Waals surface area contributed by atoms with Crippen LogP contribution in [-0.2, 0) is 15.8 Å². The summed E-state index contributed by atoms with van der Waals surface area (Å²) < 4.78 is 32.8. The van der Waals surface area contributed by atoms with Crippen LogP contribution in [0.1, 0.15) is 24.4 Å². The molecule has 7 nitrogen and oxygen atoms in total. The van der Waals surface area contributed by atoms with Gasteiger partial charge in [-0.3, -0.25) is 4.90 Å². The zero-order chi connectivity index (χ0) is 19.6. The van der Waals surface area contributed by atoms with E-state index in [0.29, 0.717) is 38.0 Å². The highest BCUT2D eigenvalue weighted by Crippen LogP contribution is 2.27. The van der Waals surface area contributed by atoms with E-state index in [0.717, 1.165) is 10.4 Å². The fourth-order valence-corrected chi connectivity index (χ4v) is 5.46. The number of sulfonamides is 1. The molecule has 9 heteroatoms. The summed E-state index contributed by atoms with van der Waals surface area (Å²) in [5.41, 5.74) is 0.810. The van der Waals surface area contributed by atoms with E-state index in [2.05, 4.69) is 15.1 Å². The molecule has 2 aromatic heterocycles. The maximum absolute atomic E-state index is 12.7. The molecule has 1 aromatic carbocycles. The van der Waals surface area contributed by atoms with Gasteiger partial charge in [0.15, 0.2) is 0 Å². The Kier molecular flexibility index (Phi) is 5.58. The molecule has 1 atom stereocenters. The number of hydrogen-bond acceptors (Lipinski definition) is 7. The van der Waals surface area contributed by atoms with Gasteiger partial charge in [-0.2, -0.15) is 4.31 Å². The Hall–Kier alpha value is -2.07. The average Bonchev–Trinajstić information content (AvgIpc) is 3.40. The van der Waals surface area contributed by atoms with Gasteiger partial charge in [-0.05, 0) is 23.9 Å². The van der Waals surface area contributed by atoms with Crippen LogP contribution in [0.15, 0.2) is 52.3 Å². The molecule has 3 heterocycles. The molecule has 1 aliphatic heterocycles. The lowest BCUT2D eigenvalue weighted by Crippen LogP contribution is -2.49. The first-order valence-corrected chi connectivity index (χ1v) is 11.6. The monoisotopic (exact) mass is 418 g/mol. The van der Waals surface area contributed by atoms with Crippen LogP contribution in [0.25, 0.3) is 10.8 Å². The van der Waals surface area contributed by atoms with Crippen LogP contribution in [0.4, 0.5) is 0 Å². The highest BCUT2D eigenvalue weighted by Gasteiger charge is 2.31. The third-order valence-electron chi connectivity index (χ3n) is 4.94. The lowest BCUT2D eigenvalue weighted by Gasteiger charge is -2.36. The summed E-state index contributed by atoms with van der Waals surface area (Å²) in [4.78, 5) is 3.13. The molecule has 0 radical (unpaired) electrons. The van der Waals surface area contributed by atoms with Crippen molar-refractivity contribution in [3.8, 4) is 10.8 Å². The Bertz CT molecular complexity index is 995. The van der Waals surface area contributed by atoms with Gasteiger partial charge in [-0.25, -0.2) is 8.42 Å². The van der Waals surface area contributed by atoms with E-state index in [1.165, 1.54) is 0 Å². The predicted molar refractivity (Wildman–Crippen MR) is 108 cm³/mol. The fraction of sp³-hybridized carbons (Fsp3) is 0.368. The number of aromatic nitrogens is 2. The Morgan fingerprint density at radius 2 is 1.82 bits per heavy atom. The van der Waals surface area contributed by atoms with Gasteiger partial charge in [-0.15, -0.1) is 21.5 Å². The van der Waals surface area contributed by atoms with Gasteiger partial charge >= 0.3 is 0 Å². The smallest absolute Gasteiger partial charge is 0.257 e. The first-order valence-electron chi connectivity index (χ1n) is 9.16. The van der Waals surface area contributed by atoms with Crippen molar-refractivity contribution in [2.75, 3.05) is 26.2 Å². The molecule has 1 aliphatic rings. The van der Waals surface area contributed by atoms with Crippen LogP contribution < -0.4 is 0 Å². The highest BCUT2D eigenvalue weighted by atomic mass is 32.2. The van der Waals surface area contributed by atoms with Gasteiger partial charge in [0.2, 0.25) is 15.9 Å². The van der Waals surface area contributed by atoms with Gasteiger partial charge < -0.3 is 4.42 Å². The number of piperazine rings is 1. The first kappa shape index (κ1) is 19.3. The Morgan fingerprint density at radius 1 is 1.07 bits per heavy atom. The van der Waals surface area contributed by atoms with Crippen LogP contribution in [0.2, 0.25) is 0 Å². The van der Waals surface area contributed by atoms with Crippen LogP contribution in [0.3, 0.4) is 0 Å². The first-order chi connectivity index (χ1) is 13.5. The maximum Gasteiger partial charge on any atom is 0.257 e. The van der Waals surface area contributed by atoms with Crippen molar-refractivity contribution in [3.05, 3.63) is 59.3 Å². The minimum atomic E-state index is -3.32. The lowest BCUT2D eigenvalue weighted by atomic mass is 10.2. The Balaban J connectivity index is 1.37. The third kappa shape index (κ3) is 4.17. The molecule has 0 N–H and O–H groups in total. The quantitative estimate of drug-likeness (QED) is 0.612. The van der Waals surface area contributed by atoms with E-state index in [1.54, 1.807) is 15.6 Å². The summed E-state index contributed by atoms with van der Waals surface area (Å²) in [6.45, 7) is 4.20. The molecule has 0 unspecified atom stereocenters. The van der Waals surface area contributed by atoms with E-state index in [1.807, 2.05) is 54.8 Å². The summed E-state index contributed by atoms with van der Waals surface area (Å²) in [5.74, 6) is 1.13. The second kappa shape index (κ2) is 8.12. The topological polar surface area (TPSA) is 79.5 Å². The second-order valence-electron chi connectivity index (χ2n) is 6.78. The summed E-state index contributed by atoms with van der Waals surface area (Å²) in [6.07, 6.45) is 0. The summed E-state index contributed by atoms with van der Waals surface area (Å²) >= 11 is 1.56. The lowest BCUT2D eigenvalue weighted by molar-refractivity contribution is 0.129. The van der Waals surface area contributed by atoms with E-state index >= 15 is 0 Å². The van der Waals surface area contributed by atoms with Gasteiger partial charge in [0.05, 0.1) is 16.7 Å². The number of benzene rings is 1. The largest absolute Gasteiger partial charge is 0.418 e. The number of nitrogens with zero attached hydrogens (tertiary/aromatic N) is 4. The van der Waals surface area contributed by atoms with Crippen molar-refractivity contribution in [2.24, 2.45) is 0 Å². The Morgan fingerprint density at radius 3 is 2.50 bits per heavy atom. The molecule has 4 rings (SSSR count). The van der Waals surface area contributed by atoms with Crippen LogP contribution in [0, 0.1) is 0 Å². The van der Waals surface area contributed by atoms with Gasteiger partial charge in [0.25, 0.3) is 5.89 Å². The normalized spacial score (nSPS) is 17.6. The molecule has 0 amide bonds. The minimum Gasteiger partial charge on any atom is -0.418 e.